The number of carbonyl (C=O) groups excluding carboxylic acids is 1. The highest BCUT2D eigenvalue weighted by Gasteiger charge is 2.46. The van der Waals surface area contributed by atoms with Gasteiger partial charge in [-0.2, -0.15) is 5.10 Å². The minimum absolute atomic E-state index is 0.0221. The number of hydrogen-bond acceptors (Lipinski definition) is 2. The Morgan fingerprint density at radius 3 is 2.70 bits per heavy atom. The second kappa shape index (κ2) is 4.78. The molecule has 0 atom stereocenters. The van der Waals surface area contributed by atoms with Crippen LogP contribution in [-0.4, -0.2) is 15.7 Å². The van der Waals surface area contributed by atoms with E-state index in [9.17, 15) is 4.79 Å². The van der Waals surface area contributed by atoms with E-state index < -0.39 is 0 Å². The van der Waals surface area contributed by atoms with Crippen LogP contribution in [0.15, 0.2) is 36.7 Å². The molecule has 4 nitrogen and oxygen atoms in total. The predicted molar refractivity (Wildman–Crippen MR) is 77.2 cm³/mol. The lowest BCUT2D eigenvalue weighted by atomic mass is 9.99. The number of aromatic nitrogens is 2. The van der Waals surface area contributed by atoms with E-state index in [4.69, 9.17) is 0 Å². The first-order valence-corrected chi connectivity index (χ1v) is 6.95. The molecule has 0 spiro atoms. The van der Waals surface area contributed by atoms with Crippen LogP contribution in [0.2, 0.25) is 0 Å². The zero-order chi connectivity index (χ0) is 14.2. The molecule has 1 aromatic heterocycles. The topological polar surface area (TPSA) is 46.9 Å². The fourth-order valence-electron chi connectivity index (χ4n) is 2.70. The van der Waals surface area contributed by atoms with Crippen molar-refractivity contribution in [1.82, 2.24) is 15.1 Å². The van der Waals surface area contributed by atoms with Crippen molar-refractivity contribution in [3.8, 4) is 0 Å². The van der Waals surface area contributed by atoms with Crippen LogP contribution in [0.5, 0.6) is 0 Å². The van der Waals surface area contributed by atoms with Gasteiger partial charge in [-0.25, -0.2) is 0 Å². The molecular formula is C16H19N3O. The third kappa shape index (κ3) is 2.46. The van der Waals surface area contributed by atoms with Crippen LogP contribution in [0.4, 0.5) is 0 Å². The lowest BCUT2D eigenvalue weighted by Crippen LogP contribution is -2.37. The minimum Gasteiger partial charge on any atom is -0.345 e. The summed E-state index contributed by atoms with van der Waals surface area (Å²) in [4.78, 5) is 12.2. The number of amides is 1. The average Bonchev–Trinajstić information content (AvgIpc) is 3.06. The van der Waals surface area contributed by atoms with Crippen molar-refractivity contribution in [2.45, 2.75) is 38.8 Å². The predicted octanol–water partition coefficient (Wildman–Crippen LogP) is 2.31. The summed E-state index contributed by atoms with van der Waals surface area (Å²) in [6, 6.07) is 8.27. The highest BCUT2D eigenvalue weighted by atomic mass is 16.2. The van der Waals surface area contributed by atoms with Crippen LogP contribution in [0.3, 0.4) is 0 Å². The van der Waals surface area contributed by atoms with Crippen molar-refractivity contribution in [2.75, 3.05) is 0 Å². The van der Waals surface area contributed by atoms with Gasteiger partial charge in [-0.15, -0.1) is 0 Å². The molecule has 2 aromatic rings. The summed E-state index contributed by atoms with van der Waals surface area (Å²) in [7, 11) is 0. The van der Waals surface area contributed by atoms with Crippen LogP contribution in [0.25, 0.3) is 0 Å². The maximum absolute atomic E-state index is 12.2. The highest BCUT2D eigenvalue weighted by molar-refractivity contribution is 5.77. The summed E-state index contributed by atoms with van der Waals surface area (Å²) in [5.41, 5.74) is 3.40. The Balaban J connectivity index is 1.71. The molecular weight excluding hydrogens is 250 g/mol. The Labute approximate surface area is 118 Å². The summed E-state index contributed by atoms with van der Waals surface area (Å²) in [5, 5.41) is 7.33. The van der Waals surface area contributed by atoms with Gasteiger partial charge in [0.05, 0.1) is 11.7 Å². The maximum Gasteiger partial charge on any atom is 0.242 e. The van der Waals surface area contributed by atoms with E-state index in [1.54, 1.807) is 10.9 Å². The van der Waals surface area contributed by atoms with Gasteiger partial charge in [-0.05, 0) is 43.4 Å². The number of carbonyl (C=O) groups is 1. The van der Waals surface area contributed by atoms with Gasteiger partial charge in [0.2, 0.25) is 5.91 Å². The van der Waals surface area contributed by atoms with Crippen LogP contribution < -0.4 is 5.32 Å². The zero-order valence-corrected chi connectivity index (χ0v) is 11.9. The monoisotopic (exact) mass is 269 g/mol. The third-order valence-electron chi connectivity index (χ3n) is 3.86. The molecule has 4 heteroatoms. The van der Waals surface area contributed by atoms with Gasteiger partial charge in [-0.3, -0.25) is 9.48 Å². The Kier molecular flexibility index (Phi) is 3.08. The number of aryl methyl sites for hydroxylation is 2. The number of rotatable bonds is 4. The molecule has 1 aliphatic carbocycles. The molecule has 0 bridgehead atoms. The van der Waals surface area contributed by atoms with Gasteiger partial charge in [0.1, 0.15) is 6.54 Å². The number of nitrogens with zero attached hydrogens (tertiary/aromatic N) is 2. The Morgan fingerprint density at radius 2 is 2.10 bits per heavy atom. The lowest BCUT2D eigenvalue weighted by Gasteiger charge is -2.20. The normalized spacial score (nSPS) is 15.9. The fourth-order valence-corrected chi connectivity index (χ4v) is 2.70. The quantitative estimate of drug-likeness (QED) is 0.925. The Bertz CT molecular complexity index is 641. The van der Waals surface area contributed by atoms with E-state index >= 15 is 0 Å². The van der Waals surface area contributed by atoms with E-state index in [1.165, 1.54) is 11.1 Å². The summed E-state index contributed by atoms with van der Waals surface area (Å²) >= 11 is 0. The third-order valence-corrected chi connectivity index (χ3v) is 3.86. The highest BCUT2D eigenvalue weighted by Crippen LogP contribution is 2.46. The SMILES string of the molecule is Cc1cnn(CC(=O)NC2(c3ccccc3C)CC2)c1. The molecule has 1 fully saturated rings. The second-order valence-electron chi connectivity index (χ2n) is 5.66. The molecule has 0 radical (unpaired) electrons. The van der Waals surface area contributed by atoms with Crippen molar-refractivity contribution in [3.05, 3.63) is 53.3 Å². The van der Waals surface area contributed by atoms with Crippen LogP contribution in [0, 0.1) is 13.8 Å². The molecule has 1 N–H and O–H groups in total. The van der Waals surface area contributed by atoms with E-state index in [1.807, 2.05) is 25.3 Å². The van der Waals surface area contributed by atoms with Gasteiger partial charge in [0.25, 0.3) is 0 Å². The molecule has 1 aromatic carbocycles. The van der Waals surface area contributed by atoms with E-state index in [2.05, 4.69) is 29.5 Å². The number of nitrogens with one attached hydrogen (secondary N) is 1. The van der Waals surface area contributed by atoms with Gasteiger partial charge in [0.15, 0.2) is 0 Å². The molecule has 0 unspecified atom stereocenters. The van der Waals surface area contributed by atoms with E-state index in [0.717, 1.165) is 18.4 Å². The van der Waals surface area contributed by atoms with Crippen LogP contribution in [-0.2, 0) is 16.9 Å². The largest absolute Gasteiger partial charge is 0.345 e. The molecule has 0 saturated heterocycles. The summed E-state index contributed by atoms with van der Waals surface area (Å²) in [6.07, 6.45) is 5.68. The van der Waals surface area contributed by atoms with Gasteiger partial charge < -0.3 is 5.32 Å². The summed E-state index contributed by atoms with van der Waals surface area (Å²) in [6.45, 7) is 4.34. The Hall–Kier alpha value is -2.10. The van der Waals surface area contributed by atoms with Crippen molar-refractivity contribution in [1.29, 1.82) is 0 Å². The molecule has 104 valence electrons. The lowest BCUT2D eigenvalue weighted by molar-refractivity contribution is -0.122. The summed E-state index contributed by atoms with van der Waals surface area (Å²) < 4.78 is 1.68. The molecule has 20 heavy (non-hydrogen) atoms. The Morgan fingerprint density at radius 1 is 1.35 bits per heavy atom. The first kappa shape index (κ1) is 12.9. The standard InChI is InChI=1S/C16H19N3O/c1-12-9-17-19(10-12)11-15(20)18-16(7-8-16)14-6-4-3-5-13(14)2/h3-6,9-10H,7-8,11H2,1-2H3,(H,18,20). The molecule has 1 amide bonds. The number of benzene rings is 1. The van der Waals surface area contributed by atoms with Crippen molar-refractivity contribution in [3.63, 3.8) is 0 Å². The fraction of sp³-hybridized carbons (Fsp3) is 0.375. The van der Waals surface area contributed by atoms with Crippen molar-refractivity contribution < 1.29 is 4.79 Å². The zero-order valence-electron chi connectivity index (χ0n) is 11.9. The van der Waals surface area contributed by atoms with E-state index in [0.29, 0.717) is 0 Å². The van der Waals surface area contributed by atoms with Crippen LogP contribution >= 0.6 is 0 Å². The number of hydrogen-bond donors (Lipinski definition) is 1. The minimum atomic E-state index is -0.148. The first-order valence-electron chi connectivity index (χ1n) is 6.95. The van der Waals surface area contributed by atoms with Crippen molar-refractivity contribution in [2.24, 2.45) is 0 Å². The van der Waals surface area contributed by atoms with Crippen molar-refractivity contribution >= 4 is 5.91 Å². The molecule has 1 aliphatic rings. The smallest absolute Gasteiger partial charge is 0.242 e. The molecule has 0 aliphatic heterocycles. The molecule has 1 saturated carbocycles. The first-order chi connectivity index (χ1) is 9.59. The van der Waals surface area contributed by atoms with Gasteiger partial charge in [0, 0.05) is 6.20 Å². The summed E-state index contributed by atoms with van der Waals surface area (Å²) in [5.74, 6) is 0.0221. The van der Waals surface area contributed by atoms with Gasteiger partial charge >= 0.3 is 0 Å². The maximum atomic E-state index is 12.2. The van der Waals surface area contributed by atoms with Crippen LogP contribution in [0.1, 0.15) is 29.5 Å². The second-order valence-corrected chi connectivity index (χ2v) is 5.66. The molecule has 3 rings (SSSR count). The molecule has 1 heterocycles. The average molecular weight is 269 g/mol. The van der Waals surface area contributed by atoms with E-state index in [-0.39, 0.29) is 18.0 Å². The van der Waals surface area contributed by atoms with Gasteiger partial charge in [-0.1, -0.05) is 24.3 Å².